The molecule has 2 aliphatic heterocycles. The van der Waals surface area contributed by atoms with Gasteiger partial charge in [-0.05, 0) is 50.7 Å². The Morgan fingerprint density at radius 2 is 1.80 bits per heavy atom. The first-order chi connectivity index (χ1) is 11.8. The monoisotopic (exact) mass is 353 g/mol. The molecule has 0 atom stereocenters. The summed E-state index contributed by atoms with van der Waals surface area (Å²) in [5.41, 5.74) is -0.566. The number of benzene rings is 1. The van der Waals surface area contributed by atoms with E-state index in [1.54, 1.807) is 11.0 Å². The first-order valence-corrected chi connectivity index (χ1v) is 8.70. The number of nitrogens with zero attached hydrogens (tertiary/aromatic N) is 1. The molecule has 1 aromatic carbocycles. The molecular weight excluding hydrogens is 332 g/mol. The minimum absolute atomic E-state index is 0.0104. The van der Waals surface area contributed by atoms with Crippen LogP contribution in [0.4, 0.5) is 14.5 Å². The van der Waals surface area contributed by atoms with Crippen molar-refractivity contribution in [3.8, 4) is 11.5 Å². The van der Waals surface area contributed by atoms with Crippen molar-refractivity contribution in [2.75, 3.05) is 11.4 Å². The molecule has 1 spiro atoms. The van der Waals surface area contributed by atoms with Gasteiger partial charge in [0.1, 0.15) is 0 Å². The molecule has 25 heavy (non-hydrogen) atoms. The lowest BCUT2D eigenvalue weighted by molar-refractivity contribution is -0.286. The van der Waals surface area contributed by atoms with Crippen molar-refractivity contribution in [2.24, 2.45) is 5.41 Å². The van der Waals surface area contributed by atoms with Crippen LogP contribution in [0.3, 0.4) is 0 Å². The topological polar surface area (TPSA) is 59.0 Å². The summed E-state index contributed by atoms with van der Waals surface area (Å²) in [4.78, 5) is 14.7. The van der Waals surface area contributed by atoms with Crippen LogP contribution in [-0.4, -0.2) is 29.5 Å². The second-order valence-corrected chi connectivity index (χ2v) is 7.36. The molecule has 0 aromatic heterocycles. The molecular formula is C18H21F2NO4. The van der Waals surface area contributed by atoms with Crippen molar-refractivity contribution in [1.29, 1.82) is 0 Å². The third kappa shape index (κ3) is 2.65. The molecule has 136 valence electrons. The highest BCUT2D eigenvalue weighted by atomic mass is 19.3. The first-order valence-electron chi connectivity index (χ1n) is 8.70. The molecule has 0 radical (unpaired) electrons. The van der Waals surface area contributed by atoms with Crippen molar-refractivity contribution in [2.45, 2.75) is 57.3 Å². The van der Waals surface area contributed by atoms with Crippen LogP contribution in [0.5, 0.6) is 11.5 Å². The van der Waals surface area contributed by atoms with Crippen molar-refractivity contribution < 1.29 is 28.2 Å². The molecule has 2 fully saturated rings. The molecule has 1 saturated carbocycles. The van der Waals surface area contributed by atoms with E-state index in [1.807, 2.05) is 6.92 Å². The maximum absolute atomic E-state index is 13.2. The molecule has 5 nitrogen and oxygen atoms in total. The molecule has 1 N–H and O–H groups in total. The Hall–Kier alpha value is -1.89. The fourth-order valence-electron chi connectivity index (χ4n) is 4.18. The van der Waals surface area contributed by atoms with Crippen LogP contribution in [0.15, 0.2) is 18.2 Å². The van der Waals surface area contributed by atoms with Gasteiger partial charge in [-0.1, -0.05) is 6.92 Å². The smallest absolute Gasteiger partial charge is 0.395 e. The standard InChI is InChI=1S/C18H21F2NO4/c1-2-17(23)7-5-16(6-8-17)9-10-21(15(16)22)12-3-4-13-14(11-12)25-18(19,20)24-13/h3-4,11,23H,2,5-10H2,1H3. The number of ether oxygens (including phenoxy) is 2. The SMILES string of the molecule is CCC1(O)CCC2(CCN(c3ccc4c(c3)OC(F)(F)O4)C2=O)CC1. The Kier molecular flexibility index (Phi) is 3.51. The highest BCUT2D eigenvalue weighted by Crippen LogP contribution is 2.50. The van der Waals surface area contributed by atoms with Crippen LogP contribution in [0, 0.1) is 5.41 Å². The fourth-order valence-corrected chi connectivity index (χ4v) is 4.18. The number of hydrogen-bond acceptors (Lipinski definition) is 4. The molecule has 0 bridgehead atoms. The number of halogens is 2. The molecule has 1 aliphatic carbocycles. The van der Waals surface area contributed by atoms with E-state index in [1.165, 1.54) is 12.1 Å². The molecule has 7 heteroatoms. The number of anilines is 1. The minimum Gasteiger partial charge on any atom is -0.395 e. The van der Waals surface area contributed by atoms with Crippen LogP contribution in [0.2, 0.25) is 0 Å². The van der Waals surface area contributed by atoms with Gasteiger partial charge in [-0.15, -0.1) is 8.78 Å². The Bertz CT molecular complexity index is 713. The summed E-state index contributed by atoms with van der Waals surface area (Å²) >= 11 is 0. The summed E-state index contributed by atoms with van der Waals surface area (Å²) in [6.07, 6.45) is 0.316. The quantitative estimate of drug-likeness (QED) is 0.885. The van der Waals surface area contributed by atoms with Crippen LogP contribution in [-0.2, 0) is 4.79 Å². The van der Waals surface area contributed by atoms with Crippen LogP contribution in [0.1, 0.15) is 45.4 Å². The van der Waals surface area contributed by atoms with Gasteiger partial charge in [0, 0.05) is 18.3 Å². The van der Waals surface area contributed by atoms with Crippen LogP contribution in [0.25, 0.3) is 0 Å². The largest absolute Gasteiger partial charge is 0.586 e. The van der Waals surface area contributed by atoms with E-state index in [4.69, 9.17) is 0 Å². The number of aliphatic hydroxyl groups is 1. The third-order valence-electron chi connectivity index (χ3n) is 6.01. The van der Waals surface area contributed by atoms with E-state index in [-0.39, 0.29) is 17.4 Å². The van der Waals surface area contributed by atoms with Gasteiger partial charge in [0.15, 0.2) is 11.5 Å². The van der Waals surface area contributed by atoms with E-state index in [0.29, 0.717) is 44.3 Å². The van der Waals surface area contributed by atoms with E-state index in [2.05, 4.69) is 9.47 Å². The maximum Gasteiger partial charge on any atom is 0.586 e. The maximum atomic E-state index is 13.2. The average Bonchev–Trinajstić information content (AvgIpc) is 3.06. The average molecular weight is 353 g/mol. The number of carbonyl (C=O) groups is 1. The van der Waals surface area contributed by atoms with E-state index < -0.39 is 17.3 Å². The Morgan fingerprint density at radius 3 is 2.48 bits per heavy atom. The molecule has 0 unspecified atom stereocenters. The summed E-state index contributed by atoms with van der Waals surface area (Å²) in [5, 5.41) is 10.4. The van der Waals surface area contributed by atoms with Gasteiger partial charge in [0.25, 0.3) is 0 Å². The number of rotatable bonds is 2. The minimum atomic E-state index is -3.66. The number of carbonyl (C=O) groups excluding carboxylic acids is 1. The lowest BCUT2D eigenvalue weighted by Crippen LogP contribution is -2.43. The van der Waals surface area contributed by atoms with Crippen LogP contribution < -0.4 is 14.4 Å². The molecule has 3 aliphatic rings. The number of fused-ring (bicyclic) bond motifs is 1. The molecule has 2 heterocycles. The number of hydrogen-bond donors (Lipinski definition) is 1. The van der Waals surface area contributed by atoms with Gasteiger partial charge in [0.05, 0.1) is 11.0 Å². The van der Waals surface area contributed by atoms with Crippen LogP contribution >= 0.6 is 0 Å². The summed E-state index contributed by atoms with van der Waals surface area (Å²) in [5.74, 6) is -0.0719. The summed E-state index contributed by atoms with van der Waals surface area (Å²) in [6, 6.07) is 4.44. The first kappa shape index (κ1) is 16.6. The zero-order valence-electron chi connectivity index (χ0n) is 14.1. The fraction of sp³-hybridized carbons (Fsp3) is 0.611. The van der Waals surface area contributed by atoms with Gasteiger partial charge in [-0.3, -0.25) is 4.79 Å². The third-order valence-corrected chi connectivity index (χ3v) is 6.01. The van der Waals surface area contributed by atoms with Gasteiger partial charge in [-0.2, -0.15) is 0 Å². The van der Waals surface area contributed by atoms with E-state index in [9.17, 15) is 18.7 Å². The number of alkyl halides is 2. The summed E-state index contributed by atoms with van der Waals surface area (Å²) < 4.78 is 35.2. The van der Waals surface area contributed by atoms with Crippen molar-refractivity contribution in [3.05, 3.63) is 18.2 Å². The van der Waals surface area contributed by atoms with Gasteiger partial charge < -0.3 is 19.5 Å². The zero-order chi connectivity index (χ0) is 17.9. The van der Waals surface area contributed by atoms with E-state index in [0.717, 1.165) is 6.42 Å². The van der Waals surface area contributed by atoms with Gasteiger partial charge in [-0.25, -0.2) is 0 Å². The highest BCUT2D eigenvalue weighted by molar-refractivity contribution is 6.00. The van der Waals surface area contributed by atoms with Crippen molar-refractivity contribution in [1.82, 2.24) is 0 Å². The summed E-state index contributed by atoms with van der Waals surface area (Å²) in [7, 11) is 0. The Labute approximate surface area is 144 Å². The highest BCUT2D eigenvalue weighted by Gasteiger charge is 2.51. The van der Waals surface area contributed by atoms with Crippen molar-refractivity contribution >= 4 is 11.6 Å². The second kappa shape index (κ2) is 5.30. The van der Waals surface area contributed by atoms with E-state index >= 15 is 0 Å². The lowest BCUT2D eigenvalue weighted by atomic mass is 9.67. The zero-order valence-corrected chi connectivity index (χ0v) is 14.1. The molecule has 1 aromatic rings. The molecule has 1 saturated heterocycles. The number of amides is 1. The normalized spacial score (nSPS) is 33.3. The van der Waals surface area contributed by atoms with Gasteiger partial charge in [0.2, 0.25) is 5.91 Å². The van der Waals surface area contributed by atoms with Gasteiger partial charge >= 0.3 is 6.29 Å². The lowest BCUT2D eigenvalue weighted by Gasteiger charge is -2.40. The Balaban J connectivity index is 1.54. The molecule has 1 amide bonds. The second-order valence-electron chi connectivity index (χ2n) is 7.36. The Morgan fingerprint density at radius 1 is 1.12 bits per heavy atom. The molecule has 4 rings (SSSR count). The van der Waals surface area contributed by atoms with Crippen molar-refractivity contribution in [3.63, 3.8) is 0 Å². The predicted octanol–water partition coefficient (Wildman–Crippen LogP) is 3.45. The summed E-state index contributed by atoms with van der Waals surface area (Å²) in [6.45, 7) is 2.50. The predicted molar refractivity (Wildman–Crippen MR) is 85.8 cm³/mol.